The molecule has 1 heterocycles. The average Bonchev–Trinajstić information content (AvgIpc) is 3.04. The molecule has 1 aromatic carbocycles. The topological polar surface area (TPSA) is 89.3 Å². The van der Waals surface area contributed by atoms with Gasteiger partial charge < -0.3 is 5.32 Å². The van der Waals surface area contributed by atoms with Crippen LogP contribution in [-0.4, -0.2) is 14.3 Å². The highest BCUT2D eigenvalue weighted by atomic mass is 32.2. The van der Waals surface area contributed by atoms with Crippen molar-refractivity contribution in [1.82, 2.24) is 5.32 Å². The fraction of sp³-hybridized carbons (Fsp3) is 0.267. The number of thiophene rings is 1. The van der Waals surface area contributed by atoms with Crippen molar-refractivity contribution >= 4 is 27.3 Å². The molecule has 1 aromatic heterocycles. The smallest absolute Gasteiger partial charge is 0.252 e. The van der Waals surface area contributed by atoms with Crippen molar-refractivity contribution in [3.63, 3.8) is 0 Å². The van der Waals surface area contributed by atoms with Crippen LogP contribution in [0.5, 0.6) is 0 Å². The molecule has 0 aliphatic heterocycles. The molecular formula is C15H16N2O3S2. The number of fused-ring (bicyclic) bond motifs is 1. The third-order valence-corrected chi connectivity index (χ3v) is 6.29. The number of hydrogen-bond acceptors (Lipinski definition) is 4. The summed E-state index contributed by atoms with van der Waals surface area (Å²) in [7, 11) is -3.76. The van der Waals surface area contributed by atoms with Gasteiger partial charge in [-0.1, -0.05) is 31.2 Å². The zero-order chi connectivity index (χ0) is 15.9. The molecular weight excluding hydrogens is 320 g/mol. The Morgan fingerprint density at radius 2 is 2.09 bits per heavy atom. The number of benzene rings is 1. The minimum atomic E-state index is -3.76. The van der Waals surface area contributed by atoms with Crippen molar-refractivity contribution < 1.29 is 13.2 Å². The molecule has 0 saturated heterocycles. The van der Waals surface area contributed by atoms with Gasteiger partial charge in [0.25, 0.3) is 5.91 Å². The van der Waals surface area contributed by atoms with E-state index >= 15 is 0 Å². The Labute approximate surface area is 133 Å². The van der Waals surface area contributed by atoms with Crippen LogP contribution in [0.4, 0.5) is 0 Å². The van der Waals surface area contributed by atoms with Gasteiger partial charge in [0.05, 0.1) is 11.6 Å². The van der Waals surface area contributed by atoms with Crippen LogP contribution >= 0.6 is 11.3 Å². The summed E-state index contributed by atoms with van der Waals surface area (Å²) in [6.07, 6.45) is 0.924. The average molecular weight is 336 g/mol. The zero-order valence-corrected chi connectivity index (χ0v) is 13.6. The predicted molar refractivity (Wildman–Crippen MR) is 85.2 cm³/mol. The maximum Gasteiger partial charge on any atom is 0.252 e. The number of carbonyl (C=O) groups is 1. The summed E-state index contributed by atoms with van der Waals surface area (Å²) in [5.41, 5.74) is 2.70. The molecule has 116 valence electrons. The van der Waals surface area contributed by atoms with Crippen molar-refractivity contribution in [2.75, 3.05) is 0 Å². The van der Waals surface area contributed by atoms with E-state index in [2.05, 4.69) is 18.3 Å². The number of rotatable bonds is 3. The van der Waals surface area contributed by atoms with Gasteiger partial charge >= 0.3 is 0 Å². The molecule has 1 aliphatic carbocycles. The Morgan fingerprint density at radius 1 is 1.36 bits per heavy atom. The number of nitrogens with two attached hydrogens (primary N) is 1. The van der Waals surface area contributed by atoms with E-state index in [9.17, 15) is 13.2 Å². The van der Waals surface area contributed by atoms with Crippen LogP contribution in [0.3, 0.4) is 0 Å². The lowest BCUT2D eigenvalue weighted by atomic mass is 10.0. The van der Waals surface area contributed by atoms with E-state index in [-0.39, 0.29) is 16.2 Å². The molecule has 1 aliphatic rings. The van der Waals surface area contributed by atoms with E-state index in [1.165, 1.54) is 17.0 Å². The quantitative estimate of drug-likeness (QED) is 0.899. The first-order valence-corrected chi connectivity index (χ1v) is 9.29. The molecule has 1 amide bonds. The second kappa shape index (κ2) is 5.49. The molecule has 5 nitrogen and oxygen atoms in total. The Balaban J connectivity index is 1.82. The number of hydrogen-bond donors (Lipinski definition) is 2. The van der Waals surface area contributed by atoms with Crippen LogP contribution in [0.25, 0.3) is 0 Å². The van der Waals surface area contributed by atoms with E-state index in [1.807, 2.05) is 18.2 Å². The summed E-state index contributed by atoms with van der Waals surface area (Å²) in [5.74, 6) is 0.0254. The van der Waals surface area contributed by atoms with Crippen molar-refractivity contribution in [3.05, 3.63) is 52.4 Å². The van der Waals surface area contributed by atoms with Gasteiger partial charge in [-0.15, -0.1) is 11.3 Å². The summed E-state index contributed by atoms with van der Waals surface area (Å²) >= 11 is 0.955. The normalized spacial score (nSPS) is 20.6. The van der Waals surface area contributed by atoms with Gasteiger partial charge in [-0.25, -0.2) is 13.6 Å². The summed E-state index contributed by atoms with van der Waals surface area (Å²) < 4.78 is 22.6. The molecule has 0 spiro atoms. The zero-order valence-electron chi connectivity index (χ0n) is 11.9. The molecule has 0 unspecified atom stereocenters. The van der Waals surface area contributed by atoms with Crippen molar-refractivity contribution in [2.24, 2.45) is 11.1 Å². The molecule has 22 heavy (non-hydrogen) atoms. The Bertz CT molecular complexity index is 827. The van der Waals surface area contributed by atoms with Crippen molar-refractivity contribution in [2.45, 2.75) is 23.6 Å². The number of amides is 1. The number of nitrogens with one attached hydrogen (secondary N) is 1. The van der Waals surface area contributed by atoms with Gasteiger partial charge in [0.1, 0.15) is 4.21 Å². The SMILES string of the molecule is C[C@H]1Cc2ccccc2[C@H]1NC(=O)c1csc(S(N)(=O)=O)c1. The fourth-order valence-corrected chi connectivity index (χ4v) is 4.41. The first-order valence-electron chi connectivity index (χ1n) is 6.86. The van der Waals surface area contributed by atoms with Crippen LogP contribution in [0.15, 0.2) is 39.9 Å². The first-order chi connectivity index (χ1) is 10.4. The van der Waals surface area contributed by atoms with Crippen LogP contribution in [-0.2, 0) is 16.4 Å². The third-order valence-electron chi connectivity index (χ3n) is 3.91. The second-order valence-corrected chi connectivity index (χ2v) is 8.23. The van der Waals surface area contributed by atoms with E-state index in [0.29, 0.717) is 11.5 Å². The number of carbonyl (C=O) groups excluding carboxylic acids is 1. The van der Waals surface area contributed by atoms with E-state index < -0.39 is 10.0 Å². The lowest BCUT2D eigenvalue weighted by Crippen LogP contribution is -2.30. The van der Waals surface area contributed by atoms with Crippen molar-refractivity contribution in [1.29, 1.82) is 0 Å². The third kappa shape index (κ3) is 2.79. The molecule has 7 heteroatoms. The second-order valence-electron chi connectivity index (χ2n) is 5.53. The van der Waals surface area contributed by atoms with Gasteiger partial charge in [-0.3, -0.25) is 4.79 Å². The van der Waals surface area contributed by atoms with Gasteiger partial charge in [0, 0.05) is 5.38 Å². The van der Waals surface area contributed by atoms with Crippen LogP contribution in [0.2, 0.25) is 0 Å². The minimum Gasteiger partial charge on any atom is -0.345 e. The Kier molecular flexibility index (Phi) is 3.80. The van der Waals surface area contributed by atoms with Gasteiger partial charge in [-0.05, 0) is 29.5 Å². The lowest BCUT2D eigenvalue weighted by molar-refractivity contribution is 0.0927. The fourth-order valence-electron chi connectivity index (χ4n) is 2.82. The van der Waals surface area contributed by atoms with Gasteiger partial charge in [0.2, 0.25) is 10.0 Å². The Hall–Kier alpha value is -1.70. The van der Waals surface area contributed by atoms with E-state index in [1.54, 1.807) is 0 Å². The molecule has 3 N–H and O–H groups in total. The molecule has 0 radical (unpaired) electrons. The molecule has 0 fully saturated rings. The molecule has 2 atom stereocenters. The summed E-state index contributed by atoms with van der Waals surface area (Å²) in [6, 6.07) is 9.31. The van der Waals surface area contributed by atoms with Gasteiger partial charge in [0.15, 0.2) is 0 Å². The van der Waals surface area contributed by atoms with Crippen LogP contribution in [0.1, 0.15) is 34.5 Å². The number of primary sulfonamides is 1. The molecule has 3 rings (SSSR count). The first kappa shape index (κ1) is 15.2. The van der Waals surface area contributed by atoms with E-state index in [0.717, 1.165) is 23.3 Å². The summed E-state index contributed by atoms with van der Waals surface area (Å²) in [6.45, 7) is 2.09. The number of sulfonamides is 1. The van der Waals surface area contributed by atoms with E-state index in [4.69, 9.17) is 5.14 Å². The largest absolute Gasteiger partial charge is 0.345 e. The highest BCUT2D eigenvalue weighted by Gasteiger charge is 2.30. The summed E-state index contributed by atoms with van der Waals surface area (Å²) in [5, 5.41) is 9.58. The highest BCUT2D eigenvalue weighted by Crippen LogP contribution is 2.35. The van der Waals surface area contributed by atoms with Crippen molar-refractivity contribution in [3.8, 4) is 0 Å². The highest BCUT2D eigenvalue weighted by molar-refractivity contribution is 7.91. The molecule has 0 bridgehead atoms. The summed E-state index contributed by atoms with van der Waals surface area (Å²) in [4.78, 5) is 12.4. The van der Waals surface area contributed by atoms with Crippen LogP contribution < -0.4 is 10.5 Å². The monoisotopic (exact) mass is 336 g/mol. The maximum absolute atomic E-state index is 12.4. The minimum absolute atomic E-state index is 0.00230. The lowest BCUT2D eigenvalue weighted by Gasteiger charge is -2.18. The van der Waals surface area contributed by atoms with Gasteiger partial charge in [-0.2, -0.15) is 0 Å². The standard InChI is InChI=1S/C15H16N2O3S2/c1-9-6-10-4-2-3-5-12(10)14(9)17-15(18)11-7-13(21-8-11)22(16,19)20/h2-5,7-9,14H,6H2,1H3,(H,17,18)(H2,16,19,20)/t9-,14-/m0/s1. The maximum atomic E-state index is 12.4. The molecule has 2 aromatic rings. The predicted octanol–water partition coefficient (Wildman–Crippen LogP) is 2.06. The van der Waals surface area contributed by atoms with Crippen LogP contribution in [0, 0.1) is 5.92 Å². The molecule has 0 saturated carbocycles. The Morgan fingerprint density at radius 3 is 2.77 bits per heavy atom.